The van der Waals surface area contributed by atoms with Gasteiger partial charge in [-0.3, -0.25) is 0 Å². The molecular weight excluding hydrogens is 362 g/mol. The fraction of sp³-hybridized carbons (Fsp3) is 0.462. The number of aliphatic hydroxyl groups is 1. The zero-order valence-corrected chi connectivity index (χ0v) is 14.2. The Morgan fingerprint density at radius 1 is 1.43 bits per heavy atom. The highest BCUT2D eigenvalue weighted by Crippen LogP contribution is 2.26. The van der Waals surface area contributed by atoms with Crippen LogP contribution in [0.4, 0.5) is 0 Å². The predicted octanol–water partition coefficient (Wildman–Crippen LogP) is 1.90. The smallest absolute Gasteiger partial charge is 0.335 e. The first kappa shape index (κ1) is 18.1. The number of hydrogen-bond acceptors (Lipinski definition) is 4. The number of rotatable bonds is 7. The zero-order chi connectivity index (χ0) is 16.2. The van der Waals surface area contributed by atoms with Crippen LogP contribution in [-0.4, -0.2) is 37.2 Å². The molecular formula is C13H18BrNO5S. The number of carboxylic acid groups (broad SMARTS) is 1. The molecule has 0 aliphatic carbocycles. The minimum Gasteiger partial charge on any atom is -0.478 e. The highest BCUT2D eigenvalue weighted by Gasteiger charge is 2.23. The SMILES string of the molecule is CCC(CCO)NS(=O)(=O)c1cc(C(=O)O)cc(Br)c1C. The van der Waals surface area contributed by atoms with Crippen LogP contribution >= 0.6 is 15.9 Å². The highest BCUT2D eigenvalue weighted by molar-refractivity contribution is 9.10. The molecule has 3 N–H and O–H groups in total. The molecule has 0 aliphatic heterocycles. The van der Waals surface area contributed by atoms with Crippen molar-refractivity contribution in [2.75, 3.05) is 6.61 Å². The van der Waals surface area contributed by atoms with Gasteiger partial charge in [0.25, 0.3) is 0 Å². The largest absolute Gasteiger partial charge is 0.478 e. The van der Waals surface area contributed by atoms with Gasteiger partial charge in [-0.1, -0.05) is 22.9 Å². The lowest BCUT2D eigenvalue weighted by Gasteiger charge is -2.18. The van der Waals surface area contributed by atoms with E-state index in [9.17, 15) is 13.2 Å². The summed E-state index contributed by atoms with van der Waals surface area (Å²) in [7, 11) is -3.86. The molecule has 0 fully saturated rings. The van der Waals surface area contributed by atoms with Gasteiger partial charge >= 0.3 is 5.97 Å². The van der Waals surface area contributed by atoms with Crippen molar-refractivity contribution in [1.29, 1.82) is 0 Å². The van der Waals surface area contributed by atoms with Crippen molar-refractivity contribution in [3.8, 4) is 0 Å². The van der Waals surface area contributed by atoms with E-state index < -0.39 is 22.0 Å². The molecule has 0 bridgehead atoms. The average Bonchev–Trinajstić information content (AvgIpc) is 2.40. The second-order valence-corrected chi connectivity index (χ2v) is 7.16. The molecule has 1 unspecified atom stereocenters. The molecule has 118 valence electrons. The minimum absolute atomic E-state index is 0.0781. The van der Waals surface area contributed by atoms with Gasteiger partial charge in [0.15, 0.2) is 0 Å². The molecule has 0 saturated carbocycles. The van der Waals surface area contributed by atoms with Gasteiger partial charge in [0.05, 0.1) is 10.5 Å². The molecule has 0 radical (unpaired) electrons. The van der Waals surface area contributed by atoms with Crippen LogP contribution in [-0.2, 0) is 10.0 Å². The van der Waals surface area contributed by atoms with Gasteiger partial charge in [-0.2, -0.15) is 0 Å². The lowest BCUT2D eigenvalue weighted by atomic mass is 10.1. The number of aromatic carboxylic acids is 1. The Morgan fingerprint density at radius 2 is 2.05 bits per heavy atom. The summed E-state index contributed by atoms with van der Waals surface area (Å²) in [6.07, 6.45) is 0.827. The standard InChI is InChI=1S/C13H18BrNO5S/c1-3-10(4-5-16)15-21(19,20)12-7-9(13(17)18)6-11(14)8(12)2/h6-7,10,15-16H,3-5H2,1-2H3,(H,17,18). The molecule has 0 heterocycles. The fourth-order valence-electron chi connectivity index (χ4n) is 1.84. The third-order valence-electron chi connectivity index (χ3n) is 3.13. The van der Waals surface area contributed by atoms with Crippen molar-refractivity contribution in [3.63, 3.8) is 0 Å². The van der Waals surface area contributed by atoms with Crippen LogP contribution in [0.25, 0.3) is 0 Å². The molecule has 8 heteroatoms. The first-order chi connectivity index (χ1) is 9.72. The molecule has 0 aromatic heterocycles. The third-order valence-corrected chi connectivity index (χ3v) is 5.60. The van der Waals surface area contributed by atoms with E-state index >= 15 is 0 Å². The van der Waals surface area contributed by atoms with Gasteiger partial charge in [-0.05, 0) is 37.5 Å². The lowest BCUT2D eigenvalue weighted by molar-refractivity contribution is 0.0696. The quantitative estimate of drug-likeness (QED) is 0.670. The number of hydrogen-bond donors (Lipinski definition) is 3. The van der Waals surface area contributed by atoms with E-state index in [0.29, 0.717) is 22.9 Å². The Labute approximate surface area is 132 Å². The number of carbonyl (C=O) groups is 1. The number of sulfonamides is 1. The summed E-state index contributed by atoms with van der Waals surface area (Å²) in [5.41, 5.74) is 0.328. The summed E-state index contributed by atoms with van der Waals surface area (Å²) >= 11 is 3.18. The summed E-state index contributed by atoms with van der Waals surface area (Å²) < 4.78 is 27.7. The Bertz CT molecular complexity index is 630. The Balaban J connectivity index is 3.27. The van der Waals surface area contributed by atoms with Gasteiger partial charge in [0.1, 0.15) is 0 Å². The molecule has 0 spiro atoms. The Morgan fingerprint density at radius 3 is 2.52 bits per heavy atom. The number of benzene rings is 1. The topological polar surface area (TPSA) is 104 Å². The molecule has 0 aliphatic rings. The maximum absolute atomic E-state index is 12.4. The van der Waals surface area contributed by atoms with Crippen molar-refractivity contribution < 1.29 is 23.4 Å². The molecule has 0 saturated heterocycles. The second kappa shape index (κ2) is 7.35. The number of carboxylic acids is 1. The monoisotopic (exact) mass is 379 g/mol. The normalized spacial score (nSPS) is 13.1. The van der Waals surface area contributed by atoms with Crippen molar-refractivity contribution in [2.24, 2.45) is 0 Å². The van der Waals surface area contributed by atoms with Crippen LogP contribution in [0.2, 0.25) is 0 Å². The molecule has 1 atom stereocenters. The average molecular weight is 380 g/mol. The van der Waals surface area contributed by atoms with Crippen LogP contribution in [0.5, 0.6) is 0 Å². The molecule has 0 amide bonds. The summed E-state index contributed by atoms with van der Waals surface area (Å²) in [5, 5.41) is 18.0. The van der Waals surface area contributed by atoms with Crippen molar-refractivity contribution in [1.82, 2.24) is 4.72 Å². The van der Waals surface area contributed by atoms with E-state index in [2.05, 4.69) is 20.7 Å². The lowest BCUT2D eigenvalue weighted by Crippen LogP contribution is -2.35. The van der Waals surface area contributed by atoms with E-state index in [4.69, 9.17) is 10.2 Å². The van der Waals surface area contributed by atoms with Crippen LogP contribution in [0.1, 0.15) is 35.7 Å². The molecule has 21 heavy (non-hydrogen) atoms. The van der Waals surface area contributed by atoms with Crippen LogP contribution < -0.4 is 4.72 Å². The molecule has 6 nitrogen and oxygen atoms in total. The minimum atomic E-state index is -3.86. The zero-order valence-electron chi connectivity index (χ0n) is 11.8. The van der Waals surface area contributed by atoms with E-state index in [1.54, 1.807) is 13.8 Å². The predicted molar refractivity (Wildman–Crippen MR) is 81.9 cm³/mol. The summed E-state index contributed by atoms with van der Waals surface area (Å²) in [5.74, 6) is -1.20. The van der Waals surface area contributed by atoms with E-state index in [1.165, 1.54) is 6.07 Å². The second-order valence-electron chi connectivity index (χ2n) is 4.63. The number of aliphatic hydroxyl groups excluding tert-OH is 1. The molecule has 1 rings (SSSR count). The number of nitrogens with one attached hydrogen (secondary N) is 1. The summed E-state index contributed by atoms with van der Waals surface area (Å²) in [4.78, 5) is 11.0. The van der Waals surface area contributed by atoms with Gasteiger partial charge in [0.2, 0.25) is 10.0 Å². The van der Waals surface area contributed by atoms with Crippen LogP contribution in [0.15, 0.2) is 21.5 Å². The maximum atomic E-state index is 12.4. The van der Waals surface area contributed by atoms with Crippen LogP contribution in [0, 0.1) is 6.92 Å². The van der Waals surface area contributed by atoms with E-state index in [0.717, 1.165) is 6.07 Å². The fourth-order valence-corrected chi connectivity index (χ4v) is 4.08. The van der Waals surface area contributed by atoms with Crippen LogP contribution in [0.3, 0.4) is 0 Å². The number of halogens is 1. The van der Waals surface area contributed by atoms with Crippen molar-refractivity contribution in [3.05, 3.63) is 27.7 Å². The molecule has 1 aromatic rings. The Hall–Kier alpha value is -0.960. The Kier molecular flexibility index (Phi) is 6.33. The molecule has 1 aromatic carbocycles. The van der Waals surface area contributed by atoms with Gasteiger partial charge in [0, 0.05) is 17.1 Å². The third kappa shape index (κ3) is 4.50. The van der Waals surface area contributed by atoms with Gasteiger partial charge in [-0.15, -0.1) is 0 Å². The van der Waals surface area contributed by atoms with Crippen molar-refractivity contribution in [2.45, 2.75) is 37.6 Å². The first-order valence-electron chi connectivity index (χ1n) is 6.39. The first-order valence-corrected chi connectivity index (χ1v) is 8.67. The van der Waals surface area contributed by atoms with E-state index in [-0.39, 0.29) is 17.1 Å². The van der Waals surface area contributed by atoms with Crippen molar-refractivity contribution >= 4 is 31.9 Å². The van der Waals surface area contributed by atoms with Gasteiger partial charge in [-0.25, -0.2) is 17.9 Å². The summed E-state index contributed by atoms with van der Waals surface area (Å²) in [6.45, 7) is 3.27. The maximum Gasteiger partial charge on any atom is 0.335 e. The van der Waals surface area contributed by atoms with E-state index in [1.807, 2.05) is 0 Å². The highest BCUT2D eigenvalue weighted by atomic mass is 79.9. The van der Waals surface area contributed by atoms with Gasteiger partial charge < -0.3 is 10.2 Å². The summed E-state index contributed by atoms with van der Waals surface area (Å²) in [6, 6.07) is 2.10.